The molecule has 9 heteroatoms. The number of nitrogens with one attached hydrogen (secondary N) is 2. The molecule has 1 aliphatic rings. The van der Waals surface area contributed by atoms with Crippen molar-refractivity contribution in [1.29, 1.82) is 0 Å². The molecule has 1 aromatic heterocycles. The van der Waals surface area contributed by atoms with Crippen LogP contribution >= 0.6 is 0 Å². The van der Waals surface area contributed by atoms with E-state index >= 15 is 0 Å². The average molecular weight is 346 g/mol. The van der Waals surface area contributed by atoms with Gasteiger partial charge in [-0.3, -0.25) is 4.79 Å². The van der Waals surface area contributed by atoms with E-state index in [1.807, 2.05) is 0 Å². The van der Waals surface area contributed by atoms with Gasteiger partial charge in [0.25, 0.3) is 5.91 Å². The SMILES string of the molecule is O=C(NCCNC(=O)N1CC[C@@H](n2cncn2)C1)c1ccccc1F. The zero-order valence-electron chi connectivity index (χ0n) is 13.6. The first-order chi connectivity index (χ1) is 12.1. The van der Waals surface area contributed by atoms with Crippen molar-refractivity contribution in [3.8, 4) is 0 Å². The van der Waals surface area contributed by atoms with Gasteiger partial charge < -0.3 is 15.5 Å². The Kier molecular flexibility index (Phi) is 5.22. The van der Waals surface area contributed by atoms with Crippen LogP contribution in [0.3, 0.4) is 0 Å². The topological polar surface area (TPSA) is 92.2 Å². The third kappa shape index (κ3) is 4.11. The second-order valence-corrected chi connectivity index (χ2v) is 5.73. The molecule has 0 unspecified atom stereocenters. The molecule has 2 N–H and O–H groups in total. The van der Waals surface area contributed by atoms with Crippen molar-refractivity contribution in [2.75, 3.05) is 26.2 Å². The normalized spacial score (nSPS) is 16.7. The molecule has 0 saturated carbocycles. The fourth-order valence-corrected chi connectivity index (χ4v) is 2.75. The molecule has 3 amide bonds. The summed E-state index contributed by atoms with van der Waals surface area (Å²) < 4.78 is 15.2. The summed E-state index contributed by atoms with van der Waals surface area (Å²) in [6, 6.07) is 5.71. The van der Waals surface area contributed by atoms with Crippen LogP contribution in [0.1, 0.15) is 22.8 Å². The smallest absolute Gasteiger partial charge is 0.317 e. The Morgan fingerprint density at radius 3 is 2.80 bits per heavy atom. The first kappa shape index (κ1) is 16.9. The van der Waals surface area contributed by atoms with E-state index in [1.165, 1.54) is 24.5 Å². The second-order valence-electron chi connectivity index (χ2n) is 5.73. The minimum absolute atomic E-state index is 0.0101. The lowest BCUT2D eigenvalue weighted by Gasteiger charge is -2.17. The van der Waals surface area contributed by atoms with Crippen molar-refractivity contribution in [1.82, 2.24) is 30.3 Å². The van der Waals surface area contributed by atoms with Gasteiger partial charge in [-0.15, -0.1) is 0 Å². The highest BCUT2D eigenvalue weighted by atomic mass is 19.1. The number of amides is 3. The molecule has 1 fully saturated rings. The number of benzene rings is 1. The highest BCUT2D eigenvalue weighted by Gasteiger charge is 2.27. The fraction of sp³-hybridized carbons (Fsp3) is 0.375. The zero-order valence-corrected chi connectivity index (χ0v) is 13.6. The molecule has 1 aromatic carbocycles. The van der Waals surface area contributed by atoms with Crippen molar-refractivity contribution >= 4 is 11.9 Å². The molecule has 3 rings (SSSR count). The molecular weight excluding hydrogens is 327 g/mol. The Balaban J connectivity index is 1.39. The van der Waals surface area contributed by atoms with E-state index in [1.54, 1.807) is 22.0 Å². The van der Waals surface area contributed by atoms with Gasteiger partial charge >= 0.3 is 6.03 Å². The van der Waals surface area contributed by atoms with E-state index in [4.69, 9.17) is 0 Å². The van der Waals surface area contributed by atoms with Crippen molar-refractivity contribution in [3.63, 3.8) is 0 Å². The van der Waals surface area contributed by atoms with Crippen LogP contribution in [0.4, 0.5) is 9.18 Å². The van der Waals surface area contributed by atoms with E-state index in [9.17, 15) is 14.0 Å². The summed E-state index contributed by atoms with van der Waals surface area (Å²) >= 11 is 0. The lowest BCUT2D eigenvalue weighted by Crippen LogP contribution is -2.42. The Morgan fingerprint density at radius 2 is 2.04 bits per heavy atom. The predicted octanol–water partition coefficient (Wildman–Crippen LogP) is 0.804. The standard InChI is InChI=1S/C16H19FN6O2/c17-14-4-2-1-3-13(14)15(24)19-6-7-20-16(25)22-8-5-12(9-22)23-11-18-10-21-23/h1-4,10-12H,5-9H2,(H,19,24)(H,20,25)/t12-/m1/s1. The number of hydrogen-bond acceptors (Lipinski definition) is 4. The number of likely N-dealkylation sites (tertiary alicyclic amines) is 1. The minimum atomic E-state index is -0.569. The molecular formula is C16H19FN6O2. The molecule has 132 valence electrons. The fourth-order valence-electron chi connectivity index (χ4n) is 2.75. The van der Waals surface area contributed by atoms with Gasteiger partial charge in [-0.2, -0.15) is 5.10 Å². The first-order valence-corrected chi connectivity index (χ1v) is 8.05. The van der Waals surface area contributed by atoms with Crippen LogP contribution in [-0.2, 0) is 0 Å². The largest absolute Gasteiger partial charge is 0.350 e. The summed E-state index contributed by atoms with van der Waals surface area (Å²) in [5, 5.41) is 9.42. The second kappa shape index (κ2) is 7.73. The Hall–Kier alpha value is -2.97. The number of rotatable bonds is 5. The third-order valence-corrected chi connectivity index (χ3v) is 4.07. The molecule has 1 saturated heterocycles. The molecule has 0 aliphatic carbocycles. The van der Waals surface area contributed by atoms with Crippen molar-refractivity contribution in [3.05, 3.63) is 48.3 Å². The van der Waals surface area contributed by atoms with E-state index in [0.29, 0.717) is 13.1 Å². The van der Waals surface area contributed by atoms with Crippen LogP contribution in [0.15, 0.2) is 36.9 Å². The number of halogens is 1. The van der Waals surface area contributed by atoms with Gasteiger partial charge in [-0.1, -0.05) is 12.1 Å². The summed E-state index contributed by atoms with van der Waals surface area (Å²) in [6.07, 6.45) is 3.94. The van der Waals surface area contributed by atoms with Crippen molar-refractivity contribution in [2.24, 2.45) is 0 Å². The van der Waals surface area contributed by atoms with Crippen LogP contribution in [0.25, 0.3) is 0 Å². The number of urea groups is 1. The Morgan fingerprint density at radius 1 is 1.24 bits per heavy atom. The molecule has 1 atom stereocenters. The van der Waals surface area contributed by atoms with E-state index in [2.05, 4.69) is 20.7 Å². The molecule has 2 heterocycles. The lowest BCUT2D eigenvalue weighted by atomic mass is 10.2. The van der Waals surface area contributed by atoms with Gasteiger partial charge in [0, 0.05) is 26.2 Å². The number of carbonyl (C=O) groups excluding carboxylic acids is 2. The number of hydrogen-bond donors (Lipinski definition) is 2. The van der Waals surface area contributed by atoms with Gasteiger partial charge in [-0.25, -0.2) is 18.9 Å². The molecule has 8 nitrogen and oxygen atoms in total. The quantitative estimate of drug-likeness (QED) is 0.784. The maximum Gasteiger partial charge on any atom is 0.317 e. The number of aromatic nitrogens is 3. The molecule has 0 spiro atoms. The van der Waals surface area contributed by atoms with Crippen LogP contribution in [0, 0.1) is 5.82 Å². The Labute approximate surface area is 144 Å². The summed E-state index contributed by atoms with van der Waals surface area (Å²) in [4.78, 5) is 29.6. The third-order valence-electron chi connectivity index (χ3n) is 4.07. The molecule has 0 radical (unpaired) electrons. The van der Waals surface area contributed by atoms with Gasteiger partial charge in [0.15, 0.2) is 0 Å². The molecule has 0 bridgehead atoms. The maximum atomic E-state index is 13.5. The van der Waals surface area contributed by atoms with E-state index in [-0.39, 0.29) is 30.7 Å². The van der Waals surface area contributed by atoms with Crippen LogP contribution in [-0.4, -0.2) is 57.8 Å². The monoisotopic (exact) mass is 346 g/mol. The van der Waals surface area contributed by atoms with Gasteiger partial charge in [0.1, 0.15) is 18.5 Å². The van der Waals surface area contributed by atoms with Crippen molar-refractivity contribution < 1.29 is 14.0 Å². The summed E-state index contributed by atoms with van der Waals surface area (Å²) in [6.45, 7) is 1.69. The minimum Gasteiger partial charge on any atom is -0.350 e. The van der Waals surface area contributed by atoms with Gasteiger partial charge in [0.2, 0.25) is 0 Å². The van der Waals surface area contributed by atoms with E-state index in [0.717, 1.165) is 6.42 Å². The lowest BCUT2D eigenvalue weighted by molar-refractivity contribution is 0.0949. The van der Waals surface area contributed by atoms with Crippen LogP contribution < -0.4 is 10.6 Å². The summed E-state index contributed by atoms with van der Waals surface area (Å²) in [5.74, 6) is -1.07. The Bertz CT molecular complexity index is 736. The highest BCUT2D eigenvalue weighted by molar-refractivity contribution is 5.94. The van der Waals surface area contributed by atoms with Crippen LogP contribution in [0.2, 0.25) is 0 Å². The maximum absolute atomic E-state index is 13.5. The average Bonchev–Trinajstić information content (AvgIpc) is 3.29. The zero-order chi connectivity index (χ0) is 17.6. The van der Waals surface area contributed by atoms with Gasteiger partial charge in [0.05, 0.1) is 11.6 Å². The predicted molar refractivity (Wildman–Crippen MR) is 87.4 cm³/mol. The van der Waals surface area contributed by atoms with Gasteiger partial charge in [-0.05, 0) is 18.6 Å². The van der Waals surface area contributed by atoms with E-state index < -0.39 is 11.7 Å². The summed E-state index contributed by atoms with van der Waals surface area (Å²) in [7, 11) is 0. The molecule has 2 aromatic rings. The highest BCUT2D eigenvalue weighted by Crippen LogP contribution is 2.19. The van der Waals surface area contributed by atoms with Crippen molar-refractivity contribution in [2.45, 2.75) is 12.5 Å². The van der Waals surface area contributed by atoms with Crippen LogP contribution in [0.5, 0.6) is 0 Å². The molecule has 1 aliphatic heterocycles. The number of carbonyl (C=O) groups is 2. The molecule has 25 heavy (non-hydrogen) atoms. The first-order valence-electron chi connectivity index (χ1n) is 8.05. The number of nitrogens with zero attached hydrogens (tertiary/aromatic N) is 4. The summed E-state index contributed by atoms with van der Waals surface area (Å²) in [5.41, 5.74) is -0.0101.